The average molecular weight is 304 g/mol. The number of nitrogens with zero attached hydrogens (tertiary/aromatic N) is 1. The number of aromatic nitrogens is 1. The Morgan fingerprint density at radius 1 is 1.45 bits per heavy atom. The first-order chi connectivity index (χ1) is 9.20. The molecular formula is C11H16N2O6S. The molecule has 0 fully saturated rings. The molecule has 8 nitrogen and oxygen atoms in total. The largest absolute Gasteiger partial charge is 0.477 e. The van der Waals surface area contributed by atoms with E-state index in [1.54, 1.807) is 13.8 Å². The number of carboxylic acid groups (broad SMARTS) is 1. The molecule has 0 atom stereocenters. The molecule has 0 aliphatic heterocycles. The minimum Gasteiger partial charge on any atom is -0.477 e. The summed E-state index contributed by atoms with van der Waals surface area (Å²) in [7, 11) is -2.82. The lowest BCUT2D eigenvalue weighted by Gasteiger charge is -2.23. The fourth-order valence-electron chi connectivity index (χ4n) is 1.52. The van der Waals surface area contributed by atoms with E-state index in [-0.39, 0.29) is 10.6 Å². The zero-order valence-corrected chi connectivity index (χ0v) is 12.1. The fourth-order valence-corrected chi connectivity index (χ4v) is 3.10. The molecule has 0 radical (unpaired) electrons. The highest BCUT2D eigenvalue weighted by atomic mass is 32.2. The summed E-state index contributed by atoms with van der Waals surface area (Å²) in [5.74, 6) is -1.97. The predicted molar refractivity (Wildman–Crippen MR) is 68.8 cm³/mol. The number of carbonyl (C=O) groups is 2. The van der Waals surface area contributed by atoms with Crippen molar-refractivity contribution >= 4 is 22.0 Å². The number of aromatic carboxylic acids is 1. The number of carboxylic acids is 1. The van der Waals surface area contributed by atoms with Gasteiger partial charge in [-0.15, -0.1) is 0 Å². The summed E-state index contributed by atoms with van der Waals surface area (Å²) in [6, 6.07) is 0.520. The quantitative estimate of drug-likeness (QED) is 0.729. The fraction of sp³-hybridized carbons (Fsp3) is 0.455. The minimum absolute atomic E-state index is 0.215. The van der Waals surface area contributed by atoms with E-state index in [1.807, 2.05) is 0 Å². The molecule has 0 aliphatic carbocycles. The highest BCUT2D eigenvalue weighted by Crippen LogP contribution is 2.19. The van der Waals surface area contributed by atoms with Gasteiger partial charge in [-0.05, 0) is 19.9 Å². The molecule has 0 amide bonds. The molecule has 9 heteroatoms. The van der Waals surface area contributed by atoms with Crippen LogP contribution in [0.4, 0.5) is 0 Å². The number of rotatable bonds is 6. The smallest absolute Gasteiger partial charge is 0.352 e. The van der Waals surface area contributed by atoms with E-state index < -0.39 is 34.5 Å². The number of sulfonamides is 1. The van der Waals surface area contributed by atoms with Crippen LogP contribution < -0.4 is 0 Å². The van der Waals surface area contributed by atoms with Gasteiger partial charge in [-0.1, -0.05) is 0 Å². The van der Waals surface area contributed by atoms with E-state index in [4.69, 9.17) is 5.11 Å². The molecule has 2 N–H and O–H groups in total. The zero-order valence-electron chi connectivity index (χ0n) is 11.3. The SMILES string of the molecule is COC(=O)CN(C(C)C)S(=O)(=O)c1c[nH]c(C(=O)O)c1. The van der Waals surface area contributed by atoms with Crippen LogP contribution in [0.3, 0.4) is 0 Å². The number of methoxy groups -OCH3 is 1. The Morgan fingerprint density at radius 2 is 2.05 bits per heavy atom. The molecule has 1 rings (SSSR count). The standard InChI is InChI=1S/C11H16N2O6S/c1-7(2)13(6-10(14)19-3)20(17,18)8-4-9(11(15)16)12-5-8/h4-5,7,12H,6H2,1-3H3,(H,15,16). The van der Waals surface area contributed by atoms with Crippen molar-refractivity contribution in [3.05, 3.63) is 18.0 Å². The van der Waals surface area contributed by atoms with Gasteiger partial charge in [-0.2, -0.15) is 4.31 Å². The highest BCUT2D eigenvalue weighted by Gasteiger charge is 2.30. The summed E-state index contributed by atoms with van der Waals surface area (Å²) < 4.78 is 30.1. The zero-order chi connectivity index (χ0) is 15.5. The number of ether oxygens (including phenoxy) is 1. The van der Waals surface area contributed by atoms with Gasteiger partial charge in [0.05, 0.1) is 7.11 Å². The maximum absolute atomic E-state index is 12.4. The Bertz CT molecular complexity index is 604. The van der Waals surface area contributed by atoms with Gasteiger partial charge in [-0.3, -0.25) is 4.79 Å². The molecule has 0 aliphatic rings. The van der Waals surface area contributed by atoms with Crippen LogP contribution >= 0.6 is 0 Å². The maximum Gasteiger partial charge on any atom is 0.352 e. The normalized spacial score (nSPS) is 11.8. The van der Waals surface area contributed by atoms with Gasteiger partial charge in [0.25, 0.3) is 0 Å². The molecule has 0 saturated heterocycles. The summed E-state index contributed by atoms with van der Waals surface area (Å²) in [5, 5.41) is 8.78. The summed E-state index contributed by atoms with van der Waals surface area (Å²) in [6.45, 7) is 2.76. The van der Waals surface area contributed by atoms with Crippen LogP contribution in [0.1, 0.15) is 24.3 Å². The van der Waals surface area contributed by atoms with Crippen molar-refractivity contribution in [1.82, 2.24) is 9.29 Å². The third-order valence-electron chi connectivity index (χ3n) is 2.58. The second-order valence-electron chi connectivity index (χ2n) is 4.27. The molecule has 0 saturated carbocycles. The van der Waals surface area contributed by atoms with Gasteiger partial charge in [-0.25, -0.2) is 13.2 Å². The molecule has 0 bridgehead atoms. The molecule has 1 heterocycles. The Balaban J connectivity index is 3.15. The topological polar surface area (TPSA) is 117 Å². The average Bonchev–Trinajstić information content (AvgIpc) is 2.85. The van der Waals surface area contributed by atoms with Crippen LogP contribution in [0.5, 0.6) is 0 Å². The van der Waals surface area contributed by atoms with Crippen LogP contribution in [0, 0.1) is 0 Å². The lowest BCUT2D eigenvalue weighted by molar-refractivity contribution is -0.141. The van der Waals surface area contributed by atoms with Crippen molar-refractivity contribution < 1.29 is 27.9 Å². The van der Waals surface area contributed by atoms with Crippen molar-refractivity contribution in [2.24, 2.45) is 0 Å². The van der Waals surface area contributed by atoms with E-state index in [0.29, 0.717) is 0 Å². The molecule has 1 aromatic heterocycles. The number of esters is 1. The third kappa shape index (κ3) is 3.36. The van der Waals surface area contributed by atoms with Crippen LogP contribution in [0.25, 0.3) is 0 Å². The number of carbonyl (C=O) groups excluding carboxylic acids is 1. The van der Waals surface area contributed by atoms with Crippen LogP contribution in [-0.2, 0) is 19.6 Å². The van der Waals surface area contributed by atoms with Crippen LogP contribution in [0.15, 0.2) is 17.2 Å². The predicted octanol–water partition coefficient (Wildman–Crippen LogP) is 0.285. The van der Waals surface area contributed by atoms with E-state index in [1.165, 1.54) is 0 Å². The Kier molecular flexibility index (Phi) is 4.90. The summed E-state index contributed by atoms with van der Waals surface area (Å²) >= 11 is 0. The molecular weight excluding hydrogens is 288 g/mol. The van der Waals surface area contributed by atoms with Gasteiger partial charge < -0.3 is 14.8 Å². The van der Waals surface area contributed by atoms with Crippen molar-refractivity contribution in [3.63, 3.8) is 0 Å². The second kappa shape index (κ2) is 6.06. The highest BCUT2D eigenvalue weighted by molar-refractivity contribution is 7.89. The van der Waals surface area contributed by atoms with E-state index >= 15 is 0 Å². The van der Waals surface area contributed by atoms with Gasteiger partial charge in [0.1, 0.15) is 17.1 Å². The van der Waals surface area contributed by atoms with Gasteiger partial charge >= 0.3 is 11.9 Å². The summed E-state index contributed by atoms with van der Waals surface area (Å²) in [5.41, 5.74) is -0.245. The lowest BCUT2D eigenvalue weighted by atomic mass is 10.4. The molecule has 0 aromatic carbocycles. The van der Waals surface area contributed by atoms with Gasteiger partial charge in [0.15, 0.2) is 0 Å². The Labute approximate surface area is 116 Å². The van der Waals surface area contributed by atoms with Gasteiger partial charge in [0, 0.05) is 12.2 Å². The number of hydrogen-bond acceptors (Lipinski definition) is 5. The molecule has 0 spiro atoms. The Morgan fingerprint density at radius 3 is 2.45 bits per heavy atom. The summed E-state index contributed by atoms with van der Waals surface area (Å²) in [6.07, 6.45) is 1.07. The molecule has 112 valence electrons. The van der Waals surface area contributed by atoms with Crippen molar-refractivity contribution in [3.8, 4) is 0 Å². The summed E-state index contributed by atoms with van der Waals surface area (Å²) in [4.78, 5) is 24.2. The number of nitrogens with one attached hydrogen (secondary N) is 1. The minimum atomic E-state index is -3.98. The number of hydrogen-bond donors (Lipinski definition) is 2. The molecule has 0 unspecified atom stereocenters. The first-order valence-corrected chi connectivity index (χ1v) is 7.14. The van der Waals surface area contributed by atoms with E-state index in [0.717, 1.165) is 23.7 Å². The first-order valence-electron chi connectivity index (χ1n) is 5.70. The van der Waals surface area contributed by atoms with E-state index in [2.05, 4.69) is 9.72 Å². The van der Waals surface area contributed by atoms with Crippen molar-refractivity contribution in [2.45, 2.75) is 24.8 Å². The Hall–Kier alpha value is -1.87. The monoisotopic (exact) mass is 304 g/mol. The first kappa shape index (κ1) is 16.2. The van der Waals surface area contributed by atoms with Crippen LogP contribution in [0.2, 0.25) is 0 Å². The number of H-pyrrole nitrogens is 1. The third-order valence-corrected chi connectivity index (χ3v) is 4.58. The van der Waals surface area contributed by atoms with Gasteiger partial charge in [0.2, 0.25) is 10.0 Å². The van der Waals surface area contributed by atoms with Crippen molar-refractivity contribution in [1.29, 1.82) is 0 Å². The maximum atomic E-state index is 12.4. The second-order valence-corrected chi connectivity index (χ2v) is 6.16. The van der Waals surface area contributed by atoms with Crippen molar-refractivity contribution in [2.75, 3.05) is 13.7 Å². The van der Waals surface area contributed by atoms with Crippen LogP contribution in [-0.4, -0.2) is 54.4 Å². The number of aromatic amines is 1. The molecule has 1 aromatic rings. The molecule has 20 heavy (non-hydrogen) atoms. The lowest BCUT2D eigenvalue weighted by Crippen LogP contribution is -2.40. The van der Waals surface area contributed by atoms with E-state index in [9.17, 15) is 18.0 Å².